The quantitative estimate of drug-likeness (QED) is 0.747. The van der Waals surface area contributed by atoms with E-state index >= 15 is 0 Å². The molecule has 0 atom stereocenters. The Morgan fingerprint density at radius 3 is 1.27 bits per heavy atom. The van der Waals surface area contributed by atoms with E-state index in [-0.39, 0.29) is 19.0 Å². The Morgan fingerprint density at radius 1 is 0.933 bits per heavy atom. The third kappa shape index (κ3) is 14.4. The van der Waals surface area contributed by atoms with Gasteiger partial charge in [-0.1, -0.05) is 0 Å². The van der Waals surface area contributed by atoms with Crippen LogP contribution in [0.25, 0.3) is 0 Å². The van der Waals surface area contributed by atoms with Gasteiger partial charge in [0.2, 0.25) is 0 Å². The first-order valence-corrected chi connectivity index (χ1v) is 6.20. The smallest absolute Gasteiger partial charge is 0.397 e. The summed E-state index contributed by atoms with van der Waals surface area (Å²) < 4.78 is 25.8. The Bertz CT molecular complexity index is 132. The lowest BCUT2D eigenvalue weighted by Crippen LogP contribution is -1.99. The zero-order valence-electron chi connectivity index (χ0n) is 9.76. The molecule has 7 heteroatoms. The molecule has 0 spiro atoms. The summed E-state index contributed by atoms with van der Waals surface area (Å²) in [6, 6.07) is 0. The first-order chi connectivity index (χ1) is 6.60. The molecule has 1 N–H and O–H groups in total. The largest absolute Gasteiger partial charge is 0.474 e. The monoisotopic (exact) mass is 264 g/mol. The minimum Gasteiger partial charge on any atom is -0.397 e. The molecule has 0 aliphatic rings. The maximum absolute atomic E-state index is 11.3. The molecule has 0 aliphatic heterocycles. The van der Waals surface area contributed by atoms with E-state index in [0.29, 0.717) is 19.8 Å². The Labute approximate surface area is 98.1 Å². The number of phosphoric ester groups is 1. The zero-order chi connectivity index (χ0) is 11.4. The van der Waals surface area contributed by atoms with E-state index in [2.05, 4.69) is 0 Å². The highest BCUT2D eigenvalue weighted by Gasteiger charge is 2.23. The Balaban J connectivity index is -0.000000320. The van der Waals surface area contributed by atoms with Crippen molar-refractivity contribution in [1.29, 1.82) is 0 Å². The molecule has 0 aromatic carbocycles. The summed E-state index contributed by atoms with van der Waals surface area (Å²) in [5.74, 6) is 0. The summed E-state index contributed by atoms with van der Waals surface area (Å²) in [5, 5.41) is 7.57. The Hall–Kier alpha value is 0.360. The summed E-state index contributed by atoms with van der Waals surface area (Å²) in [6.07, 6.45) is 0. The van der Waals surface area contributed by atoms with Crippen LogP contribution in [0.1, 0.15) is 27.7 Å². The van der Waals surface area contributed by atoms with Gasteiger partial charge in [-0.25, -0.2) is 4.57 Å². The average Bonchev–Trinajstić information content (AvgIpc) is 2.06. The van der Waals surface area contributed by atoms with Gasteiger partial charge < -0.3 is 5.11 Å². The zero-order valence-corrected chi connectivity index (χ0v) is 11.5. The van der Waals surface area contributed by atoms with Crippen LogP contribution < -0.4 is 0 Å². The number of hydrogen-bond donors (Lipinski definition) is 1. The molecular formula is C8H22ClO5P. The predicted molar refractivity (Wildman–Crippen MR) is 62.5 cm³/mol. The lowest BCUT2D eigenvalue weighted by Gasteiger charge is -2.14. The van der Waals surface area contributed by atoms with Crippen LogP contribution in [0.2, 0.25) is 0 Å². The fourth-order valence-corrected chi connectivity index (χ4v) is 1.76. The van der Waals surface area contributed by atoms with E-state index in [1.54, 1.807) is 27.7 Å². The van der Waals surface area contributed by atoms with Crippen molar-refractivity contribution in [3.8, 4) is 0 Å². The first-order valence-electron chi connectivity index (χ1n) is 4.74. The topological polar surface area (TPSA) is 65.0 Å². The maximum Gasteiger partial charge on any atom is 0.474 e. The van der Waals surface area contributed by atoms with Crippen molar-refractivity contribution in [3.05, 3.63) is 0 Å². The minimum absolute atomic E-state index is 0. The summed E-state index contributed by atoms with van der Waals surface area (Å²) in [4.78, 5) is 0. The number of halogens is 1. The summed E-state index contributed by atoms with van der Waals surface area (Å²) in [5.41, 5.74) is 0. The van der Waals surface area contributed by atoms with Crippen molar-refractivity contribution in [2.45, 2.75) is 27.7 Å². The molecule has 0 aromatic rings. The van der Waals surface area contributed by atoms with Gasteiger partial charge in [-0.3, -0.25) is 13.6 Å². The van der Waals surface area contributed by atoms with Crippen molar-refractivity contribution in [1.82, 2.24) is 0 Å². The second kappa shape index (κ2) is 14.4. The molecule has 0 heterocycles. The van der Waals surface area contributed by atoms with E-state index in [9.17, 15) is 4.57 Å². The van der Waals surface area contributed by atoms with Gasteiger partial charge in [0, 0.05) is 6.61 Å². The van der Waals surface area contributed by atoms with Gasteiger partial charge in [-0.2, -0.15) is 0 Å². The van der Waals surface area contributed by atoms with Gasteiger partial charge in [0.05, 0.1) is 19.8 Å². The van der Waals surface area contributed by atoms with E-state index in [1.807, 2.05) is 0 Å². The molecule has 0 rings (SSSR count). The van der Waals surface area contributed by atoms with Gasteiger partial charge >= 0.3 is 7.82 Å². The van der Waals surface area contributed by atoms with Crippen LogP contribution in [0.3, 0.4) is 0 Å². The fraction of sp³-hybridized carbons (Fsp3) is 1.00. The Kier molecular flexibility index (Phi) is 19.8. The number of hydrogen-bond acceptors (Lipinski definition) is 5. The summed E-state index contributed by atoms with van der Waals surface area (Å²) >= 11 is 0. The number of aliphatic hydroxyl groups excluding tert-OH is 1. The highest BCUT2D eigenvalue weighted by atomic mass is 35.5. The molecule has 15 heavy (non-hydrogen) atoms. The van der Waals surface area contributed by atoms with Gasteiger partial charge in [0.25, 0.3) is 0 Å². The molecule has 0 bridgehead atoms. The van der Waals surface area contributed by atoms with E-state index in [4.69, 9.17) is 18.7 Å². The molecule has 0 saturated heterocycles. The molecular weight excluding hydrogens is 243 g/mol. The third-order valence-electron chi connectivity index (χ3n) is 0.862. The van der Waals surface area contributed by atoms with E-state index in [0.717, 1.165) is 0 Å². The lowest BCUT2D eigenvalue weighted by atomic mass is 10.9. The molecule has 0 aliphatic carbocycles. The summed E-state index contributed by atoms with van der Waals surface area (Å²) in [7, 11) is -3.22. The van der Waals surface area contributed by atoms with Crippen molar-refractivity contribution in [3.63, 3.8) is 0 Å². The normalized spacial score (nSPS) is 9.93. The van der Waals surface area contributed by atoms with E-state index in [1.165, 1.54) is 0 Å². The fourth-order valence-electron chi connectivity index (χ4n) is 0.586. The second-order valence-electron chi connectivity index (χ2n) is 2.02. The van der Waals surface area contributed by atoms with Crippen LogP contribution in [0.4, 0.5) is 0 Å². The van der Waals surface area contributed by atoms with Crippen LogP contribution >= 0.6 is 20.2 Å². The van der Waals surface area contributed by atoms with Gasteiger partial charge in [0.1, 0.15) is 0 Å². The highest BCUT2D eigenvalue weighted by molar-refractivity contribution is 7.48. The van der Waals surface area contributed by atoms with Crippen molar-refractivity contribution >= 4 is 20.2 Å². The molecule has 0 saturated carbocycles. The highest BCUT2D eigenvalue weighted by Crippen LogP contribution is 2.48. The molecule has 0 fully saturated rings. The average molecular weight is 265 g/mol. The number of phosphoric acid groups is 1. The molecule has 0 amide bonds. The Morgan fingerprint density at radius 2 is 1.13 bits per heavy atom. The first kappa shape index (κ1) is 20.7. The molecule has 0 unspecified atom stereocenters. The molecule has 5 nitrogen and oxygen atoms in total. The molecule has 96 valence electrons. The second-order valence-corrected chi connectivity index (χ2v) is 3.69. The van der Waals surface area contributed by atoms with Gasteiger partial charge in [-0.15, -0.1) is 12.4 Å². The van der Waals surface area contributed by atoms with Crippen molar-refractivity contribution < 1.29 is 23.2 Å². The van der Waals surface area contributed by atoms with Crippen LogP contribution in [-0.2, 0) is 18.1 Å². The van der Waals surface area contributed by atoms with Crippen LogP contribution in [0, 0.1) is 0 Å². The molecule has 0 aromatic heterocycles. The van der Waals surface area contributed by atoms with Crippen molar-refractivity contribution in [2.75, 3.05) is 26.4 Å². The number of aliphatic hydroxyl groups is 1. The van der Waals surface area contributed by atoms with Crippen LogP contribution in [-0.4, -0.2) is 31.5 Å². The van der Waals surface area contributed by atoms with Crippen LogP contribution in [0.5, 0.6) is 0 Å². The van der Waals surface area contributed by atoms with Gasteiger partial charge in [-0.05, 0) is 27.7 Å². The number of rotatable bonds is 6. The lowest BCUT2D eigenvalue weighted by molar-refractivity contribution is 0.126. The summed E-state index contributed by atoms with van der Waals surface area (Å²) in [6.45, 7) is 8.14. The molecule has 0 radical (unpaired) electrons. The predicted octanol–water partition coefficient (Wildman–Crippen LogP) is 2.62. The van der Waals surface area contributed by atoms with Crippen LogP contribution in [0.15, 0.2) is 0 Å². The van der Waals surface area contributed by atoms with Gasteiger partial charge in [0.15, 0.2) is 0 Å². The minimum atomic E-state index is -3.22. The van der Waals surface area contributed by atoms with E-state index < -0.39 is 7.82 Å². The maximum atomic E-state index is 11.3. The third-order valence-corrected chi connectivity index (χ3v) is 2.58. The van der Waals surface area contributed by atoms with Crippen molar-refractivity contribution in [2.24, 2.45) is 0 Å². The SMILES string of the molecule is CCO.CCOP(=O)(OCC)OCC.Cl. The standard InChI is InChI=1S/C6H15O4P.C2H6O.ClH/c1-4-8-11(7,9-5-2)10-6-3;1-2-3;/h4-6H2,1-3H3;3H,2H2,1H3;1H.